The highest BCUT2D eigenvalue weighted by molar-refractivity contribution is 4.82. The lowest BCUT2D eigenvalue weighted by atomic mass is 9.89. The van der Waals surface area contributed by atoms with Gasteiger partial charge in [0, 0.05) is 12.0 Å². The third kappa shape index (κ3) is 3.09. The van der Waals surface area contributed by atoms with Gasteiger partial charge in [-0.3, -0.25) is 0 Å². The molecule has 0 spiro atoms. The second-order valence-electron chi connectivity index (χ2n) is 4.12. The maximum Gasteiger partial charge on any atom is 0.0554 e. The van der Waals surface area contributed by atoms with Crippen molar-refractivity contribution in [3.63, 3.8) is 0 Å². The van der Waals surface area contributed by atoms with Crippen LogP contribution >= 0.6 is 0 Å². The Balaban J connectivity index is 1.95. The Morgan fingerprint density at radius 1 is 1.58 bits per heavy atom. The van der Waals surface area contributed by atoms with Gasteiger partial charge in [0.25, 0.3) is 0 Å². The van der Waals surface area contributed by atoms with Crippen molar-refractivity contribution in [1.82, 2.24) is 5.32 Å². The van der Waals surface area contributed by atoms with E-state index in [4.69, 9.17) is 9.84 Å². The van der Waals surface area contributed by atoms with Gasteiger partial charge < -0.3 is 15.2 Å². The van der Waals surface area contributed by atoms with Crippen LogP contribution in [-0.4, -0.2) is 37.5 Å². The Labute approximate surface area is 74.1 Å². The number of rotatable bonds is 5. The normalized spacial score (nSPS) is 23.2. The van der Waals surface area contributed by atoms with Gasteiger partial charge in [0.15, 0.2) is 0 Å². The molecular weight excluding hydrogens is 154 g/mol. The van der Waals surface area contributed by atoms with E-state index < -0.39 is 0 Å². The van der Waals surface area contributed by atoms with Crippen LogP contribution in [0.1, 0.15) is 20.3 Å². The van der Waals surface area contributed by atoms with Crippen LogP contribution in [0.4, 0.5) is 0 Å². The van der Waals surface area contributed by atoms with Crippen molar-refractivity contribution in [2.75, 3.05) is 26.3 Å². The third-order valence-corrected chi connectivity index (χ3v) is 2.19. The van der Waals surface area contributed by atoms with Crippen LogP contribution < -0.4 is 5.32 Å². The van der Waals surface area contributed by atoms with Crippen LogP contribution in [-0.2, 0) is 4.74 Å². The first-order valence-electron chi connectivity index (χ1n) is 4.59. The maximum atomic E-state index is 8.99. The summed E-state index contributed by atoms with van der Waals surface area (Å²) < 4.78 is 5.13. The summed E-state index contributed by atoms with van der Waals surface area (Å²) >= 11 is 0. The smallest absolute Gasteiger partial charge is 0.0554 e. The molecule has 0 aromatic carbocycles. The minimum Gasteiger partial charge on any atom is -0.393 e. The topological polar surface area (TPSA) is 41.5 Å². The first-order chi connectivity index (χ1) is 5.62. The Kier molecular flexibility index (Phi) is 3.50. The monoisotopic (exact) mass is 173 g/mol. The minimum absolute atomic E-state index is 0.192. The average Bonchev–Trinajstić information content (AvgIpc) is 1.94. The number of ether oxygens (including phenoxy) is 1. The molecule has 3 heteroatoms. The Morgan fingerprint density at radius 2 is 2.25 bits per heavy atom. The number of hydrogen-bond acceptors (Lipinski definition) is 3. The summed E-state index contributed by atoms with van der Waals surface area (Å²) in [7, 11) is 0. The fraction of sp³-hybridized carbons (Fsp3) is 1.00. The Bertz CT molecular complexity index is 132. The van der Waals surface area contributed by atoms with Crippen molar-refractivity contribution in [2.45, 2.75) is 26.4 Å². The van der Waals surface area contributed by atoms with Gasteiger partial charge in [-0.25, -0.2) is 0 Å². The van der Waals surface area contributed by atoms with Crippen molar-refractivity contribution in [3.05, 3.63) is 0 Å². The molecule has 0 bridgehead atoms. The SMILES string of the molecule is CC(O)CCNCC1(C)COC1. The van der Waals surface area contributed by atoms with E-state index in [9.17, 15) is 0 Å². The number of hydrogen-bond donors (Lipinski definition) is 2. The molecular formula is C9H19NO2. The highest BCUT2D eigenvalue weighted by Crippen LogP contribution is 2.24. The first-order valence-corrected chi connectivity index (χ1v) is 4.59. The van der Waals surface area contributed by atoms with Crippen molar-refractivity contribution in [1.29, 1.82) is 0 Å². The Morgan fingerprint density at radius 3 is 2.67 bits per heavy atom. The van der Waals surface area contributed by atoms with E-state index >= 15 is 0 Å². The van der Waals surface area contributed by atoms with Gasteiger partial charge in [-0.15, -0.1) is 0 Å². The lowest BCUT2D eigenvalue weighted by molar-refractivity contribution is -0.0990. The molecule has 72 valence electrons. The van der Waals surface area contributed by atoms with Gasteiger partial charge in [0.05, 0.1) is 19.3 Å². The highest BCUT2D eigenvalue weighted by atomic mass is 16.5. The molecule has 1 unspecified atom stereocenters. The lowest BCUT2D eigenvalue weighted by Crippen LogP contribution is -2.47. The molecule has 0 aromatic heterocycles. The van der Waals surface area contributed by atoms with Crippen LogP contribution in [0.5, 0.6) is 0 Å². The van der Waals surface area contributed by atoms with E-state index in [-0.39, 0.29) is 6.10 Å². The summed E-state index contributed by atoms with van der Waals surface area (Å²) in [5, 5.41) is 12.3. The number of aliphatic hydroxyl groups excluding tert-OH is 1. The molecule has 1 saturated heterocycles. The number of nitrogens with one attached hydrogen (secondary N) is 1. The summed E-state index contributed by atoms with van der Waals surface area (Å²) in [6, 6.07) is 0. The molecule has 3 nitrogen and oxygen atoms in total. The molecule has 1 fully saturated rings. The molecule has 0 amide bonds. The van der Waals surface area contributed by atoms with Crippen LogP contribution in [0.25, 0.3) is 0 Å². The van der Waals surface area contributed by atoms with Crippen molar-refractivity contribution in [3.8, 4) is 0 Å². The zero-order valence-electron chi connectivity index (χ0n) is 7.97. The van der Waals surface area contributed by atoms with E-state index in [1.807, 2.05) is 6.92 Å². The van der Waals surface area contributed by atoms with Crippen molar-refractivity contribution in [2.24, 2.45) is 5.41 Å². The largest absolute Gasteiger partial charge is 0.393 e. The molecule has 0 radical (unpaired) electrons. The Hall–Kier alpha value is -0.120. The molecule has 1 aliphatic heterocycles. The summed E-state index contributed by atoms with van der Waals surface area (Å²) in [4.78, 5) is 0. The predicted octanol–water partition coefficient (Wildman–Crippen LogP) is 0.383. The molecule has 1 aliphatic rings. The van der Waals surface area contributed by atoms with Crippen LogP contribution in [0, 0.1) is 5.41 Å². The quantitative estimate of drug-likeness (QED) is 0.591. The van der Waals surface area contributed by atoms with E-state index in [0.29, 0.717) is 5.41 Å². The number of aliphatic hydroxyl groups is 1. The third-order valence-electron chi connectivity index (χ3n) is 2.19. The van der Waals surface area contributed by atoms with Crippen LogP contribution in [0.15, 0.2) is 0 Å². The summed E-state index contributed by atoms with van der Waals surface area (Å²) in [6.07, 6.45) is 0.639. The van der Waals surface area contributed by atoms with Crippen LogP contribution in [0.2, 0.25) is 0 Å². The molecule has 0 saturated carbocycles. The predicted molar refractivity (Wildman–Crippen MR) is 48.1 cm³/mol. The summed E-state index contributed by atoms with van der Waals surface area (Å²) in [5.74, 6) is 0. The van der Waals surface area contributed by atoms with Gasteiger partial charge in [-0.2, -0.15) is 0 Å². The summed E-state index contributed by atoms with van der Waals surface area (Å²) in [5.41, 5.74) is 0.346. The minimum atomic E-state index is -0.192. The molecule has 12 heavy (non-hydrogen) atoms. The standard InChI is InChI=1S/C9H19NO2/c1-8(11)3-4-10-5-9(2)6-12-7-9/h8,10-11H,3-7H2,1-2H3. The molecule has 2 N–H and O–H groups in total. The van der Waals surface area contributed by atoms with Gasteiger partial charge in [-0.05, 0) is 19.9 Å². The highest BCUT2D eigenvalue weighted by Gasteiger charge is 2.32. The fourth-order valence-corrected chi connectivity index (χ4v) is 1.25. The van der Waals surface area contributed by atoms with E-state index in [1.165, 1.54) is 0 Å². The van der Waals surface area contributed by atoms with Gasteiger partial charge in [-0.1, -0.05) is 6.92 Å². The zero-order chi connectivity index (χ0) is 9.03. The molecule has 0 aliphatic carbocycles. The van der Waals surface area contributed by atoms with Gasteiger partial charge in [0.1, 0.15) is 0 Å². The summed E-state index contributed by atoms with van der Waals surface area (Å²) in [6.45, 7) is 7.66. The molecule has 1 heterocycles. The van der Waals surface area contributed by atoms with Gasteiger partial charge in [0.2, 0.25) is 0 Å². The first kappa shape index (κ1) is 9.96. The van der Waals surface area contributed by atoms with Crippen molar-refractivity contribution < 1.29 is 9.84 Å². The van der Waals surface area contributed by atoms with E-state index in [2.05, 4.69) is 12.2 Å². The van der Waals surface area contributed by atoms with Gasteiger partial charge >= 0.3 is 0 Å². The average molecular weight is 173 g/mol. The van der Waals surface area contributed by atoms with E-state index in [0.717, 1.165) is 32.7 Å². The second-order valence-corrected chi connectivity index (χ2v) is 4.12. The zero-order valence-corrected chi connectivity index (χ0v) is 7.97. The molecule has 0 aromatic rings. The van der Waals surface area contributed by atoms with Crippen LogP contribution in [0.3, 0.4) is 0 Å². The maximum absolute atomic E-state index is 8.99. The second kappa shape index (κ2) is 4.21. The molecule has 1 atom stereocenters. The lowest BCUT2D eigenvalue weighted by Gasteiger charge is -2.38. The molecule has 1 rings (SSSR count). The van der Waals surface area contributed by atoms with Crippen molar-refractivity contribution >= 4 is 0 Å². The fourth-order valence-electron chi connectivity index (χ4n) is 1.25. The van der Waals surface area contributed by atoms with E-state index in [1.54, 1.807) is 0 Å².